The molecule has 1 aromatic carbocycles. The Morgan fingerprint density at radius 3 is 2.89 bits per heavy atom. The zero-order valence-corrected chi connectivity index (χ0v) is 12.1. The van der Waals surface area contributed by atoms with Crippen LogP contribution < -0.4 is 11.1 Å². The Bertz CT molecular complexity index is 593. The lowest BCUT2D eigenvalue weighted by atomic mass is 10.1. The number of rotatable bonds is 3. The topological polar surface area (TPSA) is 68.0 Å². The fourth-order valence-electron chi connectivity index (χ4n) is 1.70. The molecule has 5 heteroatoms. The summed E-state index contributed by atoms with van der Waals surface area (Å²) in [5.74, 6) is -0.156. The molecule has 0 fully saturated rings. The van der Waals surface area contributed by atoms with Crippen LogP contribution in [0, 0.1) is 6.92 Å². The number of nitrogen functional groups attached to an aromatic ring is 1. The van der Waals surface area contributed by atoms with E-state index in [1.54, 1.807) is 30.6 Å². The first kappa shape index (κ1) is 13.5. The van der Waals surface area contributed by atoms with Crippen LogP contribution in [0.5, 0.6) is 0 Å². The number of aromatic nitrogens is 1. The number of anilines is 1. The molecule has 0 radical (unpaired) electrons. The summed E-state index contributed by atoms with van der Waals surface area (Å²) in [7, 11) is 0. The van der Waals surface area contributed by atoms with Crippen LogP contribution >= 0.6 is 15.9 Å². The summed E-state index contributed by atoms with van der Waals surface area (Å²) in [6.45, 7) is 2.44. The first-order valence-electron chi connectivity index (χ1n) is 5.80. The van der Waals surface area contributed by atoms with E-state index in [1.807, 2.05) is 13.0 Å². The third kappa shape index (κ3) is 3.54. The Labute approximate surface area is 120 Å². The van der Waals surface area contributed by atoms with Crippen molar-refractivity contribution in [3.05, 3.63) is 57.8 Å². The van der Waals surface area contributed by atoms with Gasteiger partial charge in [0.25, 0.3) is 5.91 Å². The molecule has 2 aromatic rings. The Hall–Kier alpha value is -1.88. The molecule has 4 nitrogen and oxygen atoms in total. The van der Waals surface area contributed by atoms with Gasteiger partial charge in [0, 0.05) is 34.7 Å². The molecule has 0 unspecified atom stereocenters. The third-order valence-electron chi connectivity index (χ3n) is 2.77. The smallest absolute Gasteiger partial charge is 0.251 e. The van der Waals surface area contributed by atoms with Crippen molar-refractivity contribution in [1.82, 2.24) is 10.3 Å². The molecule has 0 bridgehead atoms. The van der Waals surface area contributed by atoms with Crippen molar-refractivity contribution in [2.75, 3.05) is 5.73 Å². The fraction of sp³-hybridized carbons (Fsp3) is 0.143. The molecule has 0 saturated heterocycles. The van der Waals surface area contributed by atoms with E-state index in [4.69, 9.17) is 5.73 Å². The average molecular weight is 320 g/mol. The highest BCUT2D eigenvalue weighted by Gasteiger charge is 2.07. The molecular weight excluding hydrogens is 306 g/mol. The minimum absolute atomic E-state index is 0.156. The van der Waals surface area contributed by atoms with E-state index in [1.165, 1.54) is 0 Å². The standard InChI is InChI=1S/C14H14BrN3O/c1-9-2-3-17-7-11(9)8-18-14(19)10-4-12(15)6-13(16)5-10/h2-7H,8,16H2,1H3,(H,18,19). The number of hydrogen-bond acceptors (Lipinski definition) is 3. The fourth-order valence-corrected chi connectivity index (χ4v) is 2.21. The van der Waals surface area contributed by atoms with E-state index in [0.29, 0.717) is 17.8 Å². The van der Waals surface area contributed by atoms with Gasteiger partial charge in [0.1, 0.15) is 0 Å². The molecule has 98 valence electrons. The van der Waals surface area contributed by atoms with Gasteiger partial charge in [0.2, 0.25) is 0 Å². The lowest BCUT2D eigenvalue weighted by Gasteiger charge is -2.08. The van der Waals surface area contributed by atoms with Crippen molar-refractivity contribution in [2.45, 2.75) is 13.5 Å². The lowest BCUT2D eigenvalue weighted by molar-refractivity contribution is 0.0951. The maximum atomic E-state index is 12.0. The molecule has 1 aromatic heterocycles. The van der Waals surface area contributed by atoms with Crippen LogP contribution in [0.1, 0.15) is 21.5 Å². The molecule has 1 heterocycles. The minimum Gasteiger partial charge on any atom is -0.399 e. The van der Waals surface area contributed by atoms with Gasteiger partial charge in [-0.2, -0.15) is 0 Å². The van der Waals surface area contributed by atoms with E-state index >= 15 is 0 Å². The minimum atomic E-state index is -0.156. The van der Waals surface area contributed by atoms with Gasteiger partial charge < -0.3 is 11.1 Å². The van der Waals surface area contributed by atoms with Crippen molar-refractivity contribution in [1.29, 1.82) is 0 Å². The normalized spacial score (nSPS) is 10.2. The van der Waals surface area contributed by atoms with E-state index in [0.717, 1.165) is 15.6 Å². The SMILES string of the molecule is Cc1ccncc1CNC(=O)c1cc(N)cc(Br)c1. The Morgan fingerprint density at radius 1 is 1.42 bits per heavy atom. The molecule has 0 aliphatic carbocycles. The largest absolute Gasteiger partial charge is 0.399 e. The predicted molar refractivity (Wildman–Crippen MR) is 78.7 cm³/mol. The van der Waals surface area contributed by atoms with Crippen LogP contribution in [0.25, 0.3) is 0 Å². The molecule has 0 aliphatic rings. The first-order valence-corrected chi connectivity index (χ1v) is 6.59. The predicted octanol–water partition coefficient (Wildman–Crippen LogP) is 2.66. The van der Waals surface area contributed by atoms with Crippen molar-refractivity contribution in [3.63, 3.8) is 0 Å². The highest BCUT2D eigenvalue weighted by molar-refractivity contribution is 9.10. The second-order valence-electron chi connectivity index (χ2n) is 4.26. The summed E-state index contributed by atoms with van der Waals surface area (Å²) >= 11 is 3.32. The van der Waals surface area contributed by atoms with Gasteiger partial charge in [-0.1, -0.05) is 15.9 Å². The number of aryl methyl sites for hydroxylation is 1. The van der Waals surface area contributed by atoms with Crippen LogP contribution in [0.15, 0.2) is 41.1 Å². The van der Waals surface area contributed by atoms with Crippen molar-refractivity contribution < 1.29 is 4.79 Å². The zero-order valence-electron chi connectivity index (χ0n) is 10.5. The monoisotopic (exact) mass is 319 g/mol. The molecule has 0 atom stereocenters. The molecule has 0 saturated carbocycles. The Kier molecular flexibility index (Phi) is 4.16. The summed E-state index contributed by atoms with van der Waals surface area (Å²) in [5.41, 5.74) is 8.90. The molecule has 2 rings (SSSR count). The van der Waals surface area contributed by atoms with Gasteiger partial charge in [-0.15, -0.1) is 0 Å². The van der Waals surface area contributed by atoms with Crippen LogP contribution in [-0.2, 0) is 6.54 Å². The summed E-state index contributed by atoms with van der Waals surface area (Å²) in [4.78, 5) is 16.1. The number of pyridine rings is 1. The molecule has 0 aliphatic heterocycles. The van der Waals surface area contributed by atoms with Crippen molar-refractivity contribution in [3.8, 4) is 0 Å². The first-order chi connectivity index (χ1) is 9.06. The number of carbonyl (C=O) groups excluding carboxylic acids is 1. The van der Waals surface area contributed by atoms with Crippen LogP contribution in [0.3, 0.4) is 0 Å². The highest BCUT2D eigenvalue weighted by atomic mass is 79.9. The molecule has 3 N–H and O–H groups in total. The Balaban J connectivity index is 2.08. The summed E-state index contributed by atoms with van der Waals surface area (Å²) in [6, 6.07) is 7.05. The number of benzene rings is 1. The number of nitrogens with zero attached hydrogens (tertiary/aromatic N) is 1. The van der Waals surface area contributed by atoms with E-state index in [9.17, 15) is 4.79 Å². The summed E-state index contributed by atoms with van der Waals surface area (Å²) in [6.07, 6.45) is 3.49. The van der Waals surface area contributed by atoms with E-state index in [-0.39, 0.29) is 5.91 Å². The second-order valence-corrected chi connectivity index (χ2v) is 5.17. The molecule has 1 amide bonds. The lowest BCUT2D eigenvalue weighted by Crippen LogP contribution is -2.23. The van der Waals surface area contributed by atoms with Gasteiger partial charge in [-0.05, 0) is 42.3 Å². The van der Waals surface area contributed by atoms with Crippen LogP contribution in [0.4, 0.5) is 5.69 Å². The average Bonchev–Trinajstić information content (AvgIpc) is 2.36. The number of nitrogens with one attached hydrogen (secondary N) is 1. The van der Waals surface area contributed by atoms with Gasteiger partial charge >= 0.3 is 0 Å². The van der Waals surface area contributed by atoms with Gasteiger partial charge in [-0.25, -0.2) is 0 Å². The second kappa shape index (κ2) is 5.84. The quantitative estimate of drug-likeness (QED) is 0.855. The molecule has 0 spiro atoms. The van der Waals surface area contributed by atoms with Gasteiger partial charge in [-0.3, -0.25) is 9.78 Å². The Morgan fingerprint density at radius 2 is 2.21 bits per heavy atom. The number of carbonyl (C=O) groups is 1. The van der Waals surface area contributed by atoms with Gasteiger partial charge in [0.05, 0.1) is 0 Å². The van der Waals surface area contributed by atoms with E-state index in [2.05, 4.69) is 26.2 Å². The summed E-state index contributed by atoms with van der Waals surface area (Å²) in [5, 5.41) is 2.86. The number of halogens is 1. The van der Waals surface area contributed by atoms with Gasteiger partial charge in [0.15, 0.2) is 0 Å². The highest BCUT2D eigenvalue weighted by Crippen LogP contribution is 2.17. The third-order valence-corrected chi connectivity index (χ3v) is 3.23. The van der Waals surface area contributed by atoms with E-state index < -0.39 is 0 Å². The van der Waals surface area contributed by atoms with Crippen molar-refractivity contribution in [2.24, 2.45) is 0 Å². The number of hydrogen-bond donors (Lipinski definition) is 2. The number of nitrogens with two attached hydrogens (primary N) is 1. The van der Waals surface area contributed by atoms with Crippen molar-refractivity contribution >= 4 is 27.5 Å². The maximum Gasteiger partial charge on any atom is 0.251 e. The molecule has 19 heavy (non-hydrogen) atoms. The zero-order chi connectivity index (χ0) is 13.8. The number of amides is 1. The molecular formula is C14H14BrN3O. The summed E-state index contributed by atoms with van der Waals surface area (Å²) < 4.78 is 0.787. The maximum absolute atomic E-state index is 12.0. The van der Waals surface area contributed by atoms with Crippen LogP contribution in [0.2, 0.25) is 0 Å². The van der Waals surface area contributed by atoms with Crippen LogP contribution in [-0.4, -0.2) is 10.9 Å².